The van der Waals surface area contributed by atoms with Crippen LogP contribution in [0.5, 0.6) is 0 Å². The van der Waals surface area contributed by atoms with Gasteiger partial charge < -0.3 is 10.2 Å². The molecule has 1 aliphatic heterocycles. The maximum atomic E-state index is 12.2. The Labute approximate surface area is 113 Å². The lowest BCUT2D eigenvalue weighted by atomic mass is 9.97. The summed E-state index contributed by atoms with van der Waals surface area (Å²) in [7, 11) is 1.82. The Morgan fingerprint density at radius 1 is 1.47 bits per heavy atom. The number of rotatable bonds is 4. The maximum Gasteiger partial charge on any atom is 0.227 e. The summed E-state index contributed by atoms with van der Waals surface area (Å²) in [5, 5.41) is 2.75. The van der Waals surface area contributed by atoms with E-state index in [1.165, 1.54) is 5.56 Å². The van der Waals surface area contributed by atoms with Crippen molar-refractivity contribution in [3.63, 3.8) is 0 Å². The molecule has 0 bridgehead atoms. The van der Waals surface area contributed by atoms with Gasteiger partial charge in [-0.2, -0.15) is 0 Å². The summed E-state index contributed by atoms with van der Waals surface area (Å²) in [5.74, 6) is 0.0951. The van der Waals surface area contributed by atoms with Gasteiger partial charge in [-0.1, -0.05) is 0 Å². The van der Waals surface area contributed by atoms with Crippen molar-refractivity contribution in [2.75, 3.05) is 20.1 Å². The van der Waals surface area contributed by atoms with Crippen LogP contribution >= 0.6 is 0 Å². The van der Waals surface area contributed by atoms with Crippen LogP contribution in [0.25, 0.3) is 0 Å². The van der Waals surface area contributed by atoms with Gasteiger partial charge in [-0.25, -0.2) is 0 Å². The monoisotopic (exact) mass is 261 g/mol. The van der Waals surface area contributed by atoms with Crippen LogP contribution in [0.3, 0.4) is 0 Å². The number of hydrogen-bond acceptors (Lipinski definition) is 3. The van der Waals surface area contributed by atoms with Crippen LogP contribution < -0.4 is 5.32 Å². The number of amides is 2. The molecule has 102 valence electrons. The minimum Gasteiger partial charge on any atom is -0.355 e. The highest BCUT2D eigenvalue weighted by molar-refractivity contribution is 5.83. The number of nitrogens with zero attached hydrogens (tertiary/aromatic N) is 2. The van der Waals surface area contributed by atoms with Crippen molar-refractivity contribution in [2.45, 2.75) is 19.3 Å². The summed E-state index contributed by atoms with van der Waals surface area (Å²) < 4.78 is 0. The van der Waals surface area contributed by atoms with Gasteiger partial charge in [0.1, 0.15) is 0 Å². The van der Waals surface area contributed by atoms with E-state index in [4.69, 9.17) is 0 Å². The van der Waals surface area contributed by atoms with Gasteiger partial charge in [0.25, 0.3) is 0 Å². The number of pyridine rings is 1. The number of piperidine rings is 1. The largest absolute Gasteiger partial charge is 0.355 e. The summed E-state index contributed by atoms with van der Waals surface area (Å²) in [5.41, 5.74) is 1.17. The van der Waals surface area contributed by atoms with Gasteiger partial charge in [-0.3, -0.25) is 14.6 Å². The van der Waals surface area contributed by atoms with Gasteiger partial charge >= 0.3 is 0 Å². The first kappa shape index (κ1) is 13.5. The standard InChI is InChI=1S/C14H19N3O2/c1-17(9-6-11-4-7-15-8-5-11)14(19)12-2-3-13(18)16-10-12/h4-5,7-8,12H,2-3,6,9-10H2,1H3,(H,16,18). The first-order chi connectivity index (χ1) is 9.16. The summed E-state index contributed by atoms with van der Waals surface area (Å²) in [6, 6.07) is 3.91. The van der Waals surface area contributed by atoms with Gasteiger partial charge in [-0.05, 0) is 30.5 Å². The Bertz CT molecular complexity index is 437. The molecule has 2 amide bonds. The Morgan fingerprint density at radius 3 is 2.84 bits per heavy atom. The number of likely N-dealkylation sites (N-methyl/N-ethyl adjacent to an activating group) is 1. The van der Waals surface area contributed by atoms with Crippen molar-refractivity contribution < 1.29 is 9.59 Å². The van der Waals surface area contributed by atoms with Gasteiger partial charge in [0, 0.05) is 39.0 Å². The molecule has 1 atom stereocenters. The fourth-order valence-electron chi connectivity index (χ4n) is 2.21. The predicted molar refractivity (Wildman–Crippen MR) is 71.3 cm³/mol. The highest BCUT2D eigenvalue weighted by atomic mass is 16.2. The number of aromatic nitrogens is 1. The molecular formula is C14H19N3O2. The molecule has 19 heavy (non-hydrogen) atoms. The second-order valence-corrected chi connectivity index (χ2v) is 4.90. The average Bonchev–Trinajstić information content (AvgIpc) is 2.46. The molecule has 0 aliphatic carbocycles. The highest BCUT2D eigenvalue weighted by Gasteiger charge is 2.26. The minimum atomic E-state index is -0.0693. The third kappa shape index (κ3) is 3.77. The molecule has 5 nitrogen and oxygen atoms in total. The first-order valence-corrected chi connectivity index (χ1v) is 6.57. The van der Waals surface area contributed by atoms with E-state index in [0.29, 0.717) is 25.9 Å². The Kier molecular flexibility index (Phi) is 4.49. The summed E-state index contributed by atoms with van der Waals surface area (Å²) in [6.45, 7) is 1.16. The molecule has 0 radical (unpaired) electrons. The van der Waals surface area contributed by atoms with E-state index >= 15 is 0 Å². The summed E-state index contributed by atoms with van der Waals surface area (Å²) in [6.07, 6.45) is 5.45. The van der Waals surface area contributed by atoms with E-state index in [2.05, 4.69) is 10.3 Å². The number of hydrogen-bond donors (Lipinski definition) is 1. The Balaban J connectivity index is 1.81. The SMILES string of the molecule is CN(CCc1ccncc1)C(=O)C1CCC(=O)NC1. The first-order valence-electron chi connectivity index (χ1n) is 6.57. The van der Waals surface area contributed by atoms with Gasteiger partial charge in [-0.15, -0.1) is 0 Å². The molecule has 5 heteroatoms. The molecule has 1 aromatic rings. The fourth-order valence-corrected chi connectivity index (χ4v) is 2.21. The van der Waals surface area contributed by atoms with Gasteiger partial charge in [0.05, 0.1) is 5.92 Å². The lowest BCUT2D eigenvalue weighted by Crippen LogP contribution is -2.44. The fraction of sp³-hybridized carbons (Fsp3) is 0.500. The van der Waals surface area contributed by atoms with Crippen molar-refractivity contribution in [1.82, 2.24) is 15.2 Å². The van der Waals surface area contributed by atoms with E-state index in [1.54, 1.807) is 17.3 Å². The molecule has 1 aliphatic rings. The number of carbonyl (C=O) groups excluding carboxylic acids is 2. The van der Waals surface area contributed by atoms with Crippen molar-refractivity contribution in [1.29, 1.82) is 0 Å². The third-order valence-corrected chi connectivity index (χ3v) is 3.48. The molecule has 0 spiro atoms. The molecule has 0 saturated carbocycles. The molecule has 1 aromatic heterocycles. The molecule has 1 unspecified atom stereocenters. The normalized spacial score (nSPS) is 18.8. The maximum absolute atomic E-state index is 12.2. The van der Waals surface area contributed by atoms with Crippen LogP contribution in [-0.2, 0) is 16.0 Å². The molecule has 1 saturated heterocycles. The Hall–Kier alpha value is -1.91. The van der Waals surface area contributed by atoms with Crippen molar-refractivity contribution in [2.24, 2.45) is 5.92 Å². The molecule has 0 aromatic carbocycles. The number of carbonyl (C=O) groups is 2. The second kappa shape index (κ2) is 6.31. The summed E-state index contributed by atoms with van der Waals surface area (Å²) >= 11 is 0. The van der Waals surface area contributed by atoms with E-state index < -0.39 is 0 Å². The molecule has 1 N–H and O–H groups in total. The Morgan fingerprint density at radius 2 is 2.21 bits per heavy atom. The van der Waals surface area contributed by atoms with E-state index in [0.717, 1.165) is 6.42 Å². The minimum absolute atomic E-state index is 0.0449. The van der Waals surface area contributed by atoms with E-state index in [1.807, 2.05) is 19.2 Å². The van der Waals surface area contributed by atoms with Crippen LogP contribution in [0.2, 0.25) is 0 Å². The quantitative estimate of drug-likeness (QED) is 0.863. The van der Waals surface area contributed by atoms with Crippen LogP contribution in [0.4, 0.5) is 0 Å². The van der Waals surface area contributed by atoms with Crippen LogP contribution in [0, 0.1) is 5.92 Å². The highest BCUT2D eigenvalue weighted by Crippen LogP contribution is 2.13. The molecule has 1 fully saturated rings. The van der Waals surface area contributed by atoms with Gasteiger partial charge in [0.15, 0.2) is 0 Å². The zero-order valence-electron chi connectivity index (χ0n) is 11.1. The van der Waals surface area contributed by atoms with Crippen molar-refractivity contribution in [3.8, 4) is 0 Å². The van der Waals surface area contributed by atoms with Crippen molar-refractivity contribution >= 4 is 11.8 Å². The zero-order chi connectivity index (χ0) is 13.7. The van der Waals surface area contributed by atoms with Crippen LogP contribution in [0.15, 0.2) is 24.5 Å². The molecule has 2 rings (SSSR count). The van der Waals surface area contributed by atoms with Gasteiger partial charge in [0.2, 0.25) is 11.8 Å². The zero-order valence-corrected chi connectivity index (χ0v) is 11.1. The smallest absolute Gasteiger partial charge is 0.227 e. The summed E-state index contributed by atoms with van der Waals surface area (Å²) in [4.78, 5) is 29.0. The average molecular weight is 261 g/mol. The second-order valence-electron chi connectivity index (χ2n) is 4.90. The van der Waals surface area contributed by atoms with E-state index in [-0.39, 0.29) is 17.7 Å². The molecule has 2 heterocycles. The van der Waals surface area contributed by atoms with Crippen molar-refractivity contribution in [3.05, 3.63) is 30.1 Å². The molecular weight excluding hydrogens is 242 g/mol. The van der Waals surface area contributed by atoms with Crippen LogP contribution in [-0.4, -0.2) is 41.8 Å². The van der Waals surface area contributed by atoms with Crippen LogP contribution in [0.1, 0.15) is 18.4 Å². The topological polar surface area (TPSA) is 62.3 Å². The van der Waals surface area contributed by atoms with E-state index in [9.17, 15) is 9.59 Å². The number of nitrogens with one attached hydrogen (secondary N) is 1. The third-order valence-electron chi connectivity index (χ3n) is 3.48. The lowest BCUT2D eigenvalue weighted by molar-refractivity contribution is -0.136. The predicted octanol–water partition coefficient (Wildman–Crippen LogP) is 0.609. The lowest BCUT2D eigenvalue weighted by Gasteiger charge is -2.26.